The zero-order valence-electron chi connectivity index (χ0n) is 10.9. The SMILES string of the molecule is COC(C)Cc1ccc(C2CCCNC2)cc1. The third-order valence-electron chi connectivity index (χ3n) is 3.67. The van der Waals surface area contributed by atoms with Gasteiger partial charge in [0.1, 0.15) is 0 Å². The predicted molar refractivity (Wildman–Crippen MR) is 71.5 cm³/mol. The van der Waals surface area contributed by atoms with Crippen molar-refractivity contribution in [3.63, 3.8) is 0 Å². The molecule has 1 aliphatic heterocycles. The molecule has 1 aromatic carbocycles. The lowest BCUT2D eigenvalue weighted by Gasteiger charge is -2.23. The first-order valence-corrected chi connectivity index (χ1v) is 6.62. The van der Waals surface area contributed by atoms with E-state index in [9.17, 15) is 0 Å². The maximum Gasteiger partial charge on any atom is 0.0583 e. The highest BCUT2D eigenvalue weighted by Crippen LogP contribution is 2.23. The van der Waals surface area contributed by atoms with E-state index in [0.717, 1.165) is 13.0 Å². The van der Waals surface area contributed by atoms with Crippen molar-refractivity contribution in [1.29, 1.82) is 0 Å². The summed E-state index contributed by atoms with van der Waals surface area (Å²) in [5.41, 5.74) is 2.85. The summed E-state index contributed by atoms with van der Waals surface area (Å²) in [5.74, 6) is 0.706. The molecule has 0 saturated carbocycles. The minimum atomic E-state index is 0.303. The molecule has 2 unspecified atom stereocenters. The highest BCUT2D eigenvalue weighted by molar-refractivity contribution is 5.26. The second-order valence-corrected chi connectivity index (χ2v) is 5.04. The Hall–Kier alpha value is -0.860. The molecule has 0 amide bonds. The van der Waals surface area contributed by atoms with Gasteiger partial charge in [0.05, 0.1) is 6.10 Å². The van der Waals surface area contributed by atoms with Crippen molar-refractivity contribution in [3.8, 4) is 0 Å². The number of hydrogen-bond donors (Lipinski definition) is 1. The van der Waals surface area contributed by atoms with E-state index in [1.165, 1.54) is 30.5 Å². The fourth-order valence-corrected chi connectivity index (χ4v) is 2.48. The molecule has 2 heteroatoms. The Morgan fingerprint density at radius 3 is 2.71 bits per heavy atom. The van der Waals surface area contributed by atoms with Gasteiger partial charge >= 0.3 is 0 Å². The van der Waals surface area contributed by atoms with Crippen LogP contribution in [0.25, 0.3) is 0 Å². The number of ether oxygens (including phenoxy) is 1. The maximum atomic E-state index is 5.29. The average molecular weight is 233 g/mol. The van der Waals surface area contributed by atoms with Crippen LogP contribution in [0.3, 0.4) is 0 Å². The summed E-state index contributed by atoms with van der Waals surface area (Å²) in [6.45, 7) is 4.42. The van der Waals surface area contributed by atoms with E-state index in [1.54, 1.807) is 7.11 Å². The fraction of sp³-hybridized carbons (Fsp3) is 0.600. The van der Waals surface area contributed by atoms with Crippen LogP contribution in [-0.4, -0.2) is 26.3 Å². The molecule has 1 aromatic rings. The molecule has 0 spiro atoms. The molecule has 17 heavy (non-hydrogen) atoms. The van der Waals surface area contributed by atoms with E-state index in [1.807, 2.05) is 0 Å². The van der Waals surface area contributed by atoms with Crippen molar-refractivity contribution >= 4 is 0 Å². The molecule has 94 valence electrons. The van der Waals surface area contributed by atoms with Gasteiger partial charge in [0.2, 0.25) is 0 Å². The van der Waals surface area contributed by atoms with Crippen LogP contribution in [-0.2, 0) is 11.2 Å². The van der Waals surface area contributed by atoms with E-state index in [0.29, 0.717) is 12.0 Å². The highest BCUT2D eigenvalue weighted by Gasteiger charge is 2.14. The van der Waals surface area contributed by atoms with Gasteiger partial charge < -0.3 is 10.1 Å². The Kier molecular flexibility index (Phi) is 4.57. The molecular weight excluding hydrogens is 210 g/mol. The van der Waals surface area contributed by atoms with Crippen LogP contribution in [0.4, 0.5) is 0 Å². The molecule has 1 aliphatic rings. The van der Waals surface area contributed by atoms with Crippen molar-refractivity contribution in [2.75, 3.05) is 20.2 Å². The lowest BCUT2D eigenvalue weighted by atomic mass is 9.91. The quantitative estimate of drug-likeness (QED) is 0.863. The zero-order valence-corrected chi connectivity index (χ0v) is 10.9. The number of piperidine rings is 1. The summed E-state index contributed by atoms with van der Waals surface area (Å²) in [5, 5.41) is 3.47. The number of rotatable bonds is 4. The molecule has 1 N–H and O–H groups in total. The van der Waals surface area contributed by atoms with Crippen molar-refractivity contribution in [1.82, 2.24) is 5.32 Å². The predicted octanol–water partition coefficient (Wildman–Crippen LogP) is 2.73. The molecule has 0 bridgehead atoms. The first kappa shape index (κ1) is 12.6. The lowest BCUT2D eigenvalue weighted by molar-refractivity contribution is 0.119. The van der Waals surface area contributed by atoms with Crippen molar-refractivity contribution in [2.45, 2.75) is 38.2 Å². The van der Waals surface area contributed by atoms with Crippen molar-refractivity contribution in [2.24, 2.45) is 0 Å². The van der Waals surface area contributed by atoms with Gasteiger partial charge in [-0.1, -0.05) is 24.3 Å². The van der Waals surface area contributed by atoms with Crippen LogP contribution in [0.15, 0.2) is 24.3 Å². The molecule has 2 rings (SSSR count). The third kappa shape index (κ3) is 3.55. The molecule has 1 saturated heterocycles. The monoisotopic (exact) mass is 233 g/mol. The molecule has 0 aliphatic carbocycles. The summed E-state index contributed by atoms with van der Waals surface area (Å²) < 4.78 is 5.29. The second kappa shape index (κ2) is 6.18. The maximum absolute atomic E-state index is 5.29. The minimum absolute atomic E-state index is 0.303. The molecule has 2 atom stereocenters. The third-order valence-corrected chi connectivity index (χ3v) is 3.67. The van der Waals surface area contributed by atoms with E-state index in [2.05, 4.69) is 36.5 Å². The van der Waals surface area contributed by atoms with Crippen molar-refractivity contribution in [3.05, 3.63) is 35.4 Å². The Bertz CT molecular complexity index is 327. The molecule has 2 nitrogen and oxygen atoms in total. The number of hydrogen-bond acceptors (Lipinski definition) is 2. The summed E-state index contributed by atoms with van der Waals surface area (Å²) in [4.78, 5) is 0. The van der Waals surface area contributed by atoms with Crippen LogP contribution >= 0.6 is 0 Å². The van der Waals surface area contributed by atoms with Gasteiger partial charge in [-0.2, -0.15) is 0 Å². The molecule has 0 aromatic heterocycles. The Morgan fingerprint density at radius 1 is 1.35 bits per heavy atom. The van der Waals surface area contributed by atoms with E-state index >= 15 is 0 Å². The van der Waals surface area contributed by atoms with Crippen LogP contribution in [0, 0.1) is 0 Å². The van der Waals surface area contributed by atoms with Crippen LogP contribution in [0.5, 0.6) is 0 Å². The lowest BCUT2D eigenvalue weighted by Crippen LogP contribution is -2.28. The Morgan fingerprint density at radius 2 is 2.12 bits per heavy atom. The van der Waals surface area contributed by atoms with E-state index in [4.69, 9.17) is 4.74 Å². The smallest absolute Gasteiger partial charge is 0.0583 e. The first-order valence-electron chi connectivity index (χ1n) is 6.62. The number of benzene rings is 1. The van der Waals surface area contributed by atoms with Gasteiger partial charge in [-0.05, 0) is 49.8 Å². The van der Waals surface area contributed by atoms with Gasteiger partial charge in [0, 0.05) is 13.7 Å². The fourth-order valence-electron chi connectivity index (χ4n) is 2.48. The van der Waals surface area contributed by atoms with Crippen molar-refractivity contribution < 1.29 is 4.74 Å². The normalized spacial score (nSPS) is 22.4. The summed E-state index contributed by atoms with van der Waals surface area (Å²) in [7, 11) is 1.77. The van der Waals surface area contributed by atoms with Gasteiger partial charge in [-0.3, -0.25) is 0 Å². The van der Waals surface area contributed by atoms with Crippen LogP contribution < -0.4 is 5.32 Å². The van der Waals surface area contributed by atoms with Gasteiger partial charge in [-0.25, -0.2) is 0 Å². The minimum Gasteiger partial charge on any atom is -0.381 e. The zero-order chi connectivity index (χ0) is 12.1. The Labute approximate surface area is 104 Å². The molecular formula is C15H23NO. The molecule has 1 fully saturated rings. The topological polar surface area (TPSA) is 21.3 Å². The van der Waals surface area contributed by atoms with E-state index < -0.39 is 0 Å². The number of nitrogens with one attached hydrogen (secondary N) is 1. The summed E-state index contributed by atoms with van der Waals surface area (Å²) in [6, 6.07) is 9.07. The van der Waals surface area contributed by atoms with Gasteiger partial charge in [0.15, 0.2) is 0 Å². The first-order chi connectivity index (χ1) is 8.29. The molecule has 0 radical (unpaired) electrons. The standard InChI is InChI=1S/C15H23NO/c1-12(17-2)10-13-5-7-14(8-6-13)15-4-3-9-16-11-15/h5-8,12,15-16H,3-4,9-11H2,1-2H3. The highest BCUT2D eigenvalue weighted by atomic mass is 16.5. The van der Waals surface area contributed by atoms with E-state index in [-0.39, 0.29) is 0 Å². The largest absolute Gasteiger partial charge is 0.381 e. The Balaban J connectivity index is 1.97. The summed E-state index contributed by atoms with van der Waals surface area (Å²) >= 11 is 0. The van der Waals surface area contributed by atoms with Crippen LogP contribution in [0.1, 0.15) is 36.8 Å². The second-order valence-electron chi connectivity index (χ2n) is 5.04. The molecule has 1 heterocycles. The van der Waals surface area contributed by atoms with Gasteiger partial charge in [-0.15, -0.1) is 0 Å². The van der Waals surface area contributed by atoms with Gasteiger partial charge in [0.25, 0.3) is 0 Å². The van der Waals surface area contributed by atoms with Crippen LogP contribution in [0.2, 0.25) is 0 Å². The summed E-state index contributed by atoms with van der Waals surface area (Å²) in [6.07, 6.45) is 3.92. The number of methoxy groups -OCH3 is 1. The average Bonchev–Trinajstić information content (AvgIpc) is 2.40.